The third-order valence-corrected chi connectivity index (χ3v) is 6.27. The van der Waals surface area contributed by atoms with Gasteiger partial charge in [-0.1, -0.05) is 76.8 Å². The number of ether oxygens (including phenoxy) is 1. The van der Waals surface area contributed by atoms with Crippen molar-refractivity contribution in [3.63, 3.8) is 0 Å². The fraction of sp³-hybridized carbons (Fsp3) is 0.556. The van der Waals surface area contributed by atoms with Crippen LogP contribution in [0.3, 0.4) is 0 Å². The highest BCUT2D eigenvalue weighted by atomic mass is 35.5. The van der Waals surface area contributed by atoms with E-state index in [0.29, 0.717) is 10.8 Å². The number of hydrogen-bond acceptors (Lipinski definition) is 2. The summed E-state index contributed by atoms with van der Waals surface area (Å²) in [5.74, 6) is 1.62. The number of halogens is 1. The molecule has 0 heterocycles. The van der Waals surface area contributed by atoms with Crippen molar-refractivity contribution in [2.24, 2.45) is 5.41 Å². The largest absolute Gasteiger partial charge is 0.508 e. The number of benzene rings is 1. The Morgan fingerprint density at radius 3 is 2.37 bits per heavy atom. The summed E-state index contributed by atoms with van der Waals surface area (Å²) in [7, 11) is 0. The minimum absolute atomic E-state index is 0.00295. The van der Waals surface area contributed by atoms with Crippen LogP contribution in [0.2, 0.25) is 5.02 Å². The first-order valence-corrected chi connectivity index (χ1v) is 12.1. The minimum Gasteiger partial charge on any atom is -0.508 e. The smallest absolute Gasteiger partial charge is 0.115 e. The lowest BCUT2D eigenvalue weighted by Gasteiger charge is -2.42. The van der Waals surface area contributed by atoms with E-state index in [1.54, 1.807) is 0 Å². The number of aliphatic hydroxyl groups excluding tert-OH is 1. The number of hydrogen-bond donors (Lipinski definition) is 1. The fourth-order valence-electron chi connectivity index (χ4n) is 4.79. The zero-order chi connectivity index (χ0) is 22.0. The van der Waals surface area contributed by atoms with E-state index in [1.807, 2.05) is 36.4 Å². The van der Waals surface area contributed by atoms with Gasteiger partial charge in [-0.15, -0.1) is 0 Å². The molecule has 1 aromatic rings. The van der Waals surface area contributed by atoms with Crippen LogP contribution in [0.1, 0.15) is 91.0 Å². The molecule has 2 nitrogen and oxygen atoms in total. The highest BCUT2D eigenvalue weighted by molar-refractivity contribution is 6.32. The predicted octanol–water partition coefficient (Wildman–Crippen LogP) is 9.03. The molecule has 2 rings (SSSR count). The van der Waals surface area contributed by atoms with Crippen LogP contribution in [-0.2, 0) is 4.74 Å². The molecule has 1 aliphatic carbocycles. The van der Waals surface area contributed by atoms with Crippen LogP contribution in [0, 0.1) is 5.41 Å². The van der Waals surface area contributed by atoms with Crippen molar-refractivity contribution < 1.29 is 9.84 Å². The van der Waals surface area contributed by atoms with E-state index in [1.165, 1.54) is 11.3 Å². The first-order chi connectivity index (χ1) is 14.5. The Morgan fingerprint density at radius 1 is 1.07 bits per heavy atom. The standard InChI is InChI=1S/C27H39ClO2/c1-5-11-22-19-23(25(29)15-14-21-12-9-10-13-24(21)28)20-27(16-6-2,17-7-3)26(22)30-18-8-4/h9-10,12-15,29H,5-8,11,16-20H2,1-4H3/b15-14+,25-23+. The average molecular weight is 431 g/mol. The topological polar surface area (TPSA) is 29.5 Å². The number of rotatable bonds is 11. The van der Waals surface area contributed by atoms with Crippen molar-refractivity contribution in [2.75, 3.05) is 6.61 Å². The fourth-order valence-corrected chi connectivity index (χ4v) is 4.99. The molecule has 0 fully saturated rings. The normalized spacial score (nSPS) is 18.2. The lowest BCUT2D eigenvalue weighted by Crippen LogP contribution is -2.31. The first kappa shape index (κ1) is 24.6. The first-order valence-electron chi connectivity index (χ1n) is 11.7. The van der Waals surface area contributed by atoms with Crippen molar-refractivity contribution in [3.05, 3.63) is 63.6 Å². The summed E-state index contributed by atoms with van der Waals surface area (Å²) in [5, 5.41) is 11.7. The van der Waals surface area contributed by atoms with Gasteiger partial charge in [-0.05, 0) is 73.5 Å². The molecule has 1 aromatic carbocycles. The molecule has 0 radical (unpaired) electrons. The Morgan fingerprint density at radius 2 is 1.77 bits per heavy atom. The molecular weight excluding hydrogens is 392 g/mol. The van der Waals surface area contributed by atoms with E-state index in [9.17, 15) is 5.11 Å². The highest BCUT2D eigenvalue weighted by Gasteiger charge is 2.41. The van der Waals surface area contributed by atoms with Gasteiger partial charge in [0.15, 0.2) is 0 Å². The van der Waals surface area contributed by atoms with Gasteiger partial charge in [0, 0.05) is 10.4 Å². The quantitative estimate of drug-likeness (QED) is 0.354. The molecule has 0 aliphatic heterocycles. The van der Waals surface area contributed by atoms with Gasteiger partial charge in [-0.25, -0.2) is 0 Å². The Hall–Kier alpha value is -1.67. The summed E-state index contributed by atoms with van der Waals surface area (Å²) < 4.78 is 6.43. The van der Waals surface area contributed by atoms with E-state index in [2.05, 4.69) is 27.7 Å². The van der Waals surface area contributed by atoms with E-state index in [-0.39, 0.29) is 5.41 Å². The molecule has 0 bridgehead atoms. The van der Waals surface area contributed by atoms with Crippen LogP contribution in [0.15, 0.2) is 53.0 Å². The monoisotopic (exact) mass is 430 g/mol. The second-order valence-electron chi connectivity index (χ2n) is 8.51. The maximum Gasteiger partial charge on any atom is 0.115 e. The Kier molecular flexibility index (Phi) is 10.0. The van der Waals surface area contributed by atoms with Crippen molar-refractivity contribution >= 4 is 17.7 Å². The van der Waals surface area contributed by atoms with Gasteiger partial charge in [-0.3, -0.25) is 0 Å². The molecule has 1 aliphatic rings. The van der Waals surface area contributed by atoms with Crippen LogP contribution in [-0.4, -0.2) is 11.7 Å². The molecule has 0 aromatic heterocycles. The summed E-state index contributed by atoms with van der Waals surface area (Å²) in [6.45, 7) is 9.67. The summed E-state index contributed by atoms with van der Waals surface area (Å²) in [6, 6.07) is 7.72. The Bertz CT molecular complexity index is 767. The molecule has 1 N–H and O–H groups in total. The lowest BCUT2D eigenvalue weighted by molar-refractivity contribution is 0.0958. The lowest BCUT2D eigenvalue weighted by atomic mass is 9.66. The van der Waals surface area contributed by atoms with E-state index in [0.717, 1.165) is 75.5 Å². The summed E-state index contributed by atoms with van der Waals surface area (Å²) in [5.41, 5.74) is 3.44. The maximum absolute atomic E-state index is 11.0. The SMILES string of the molecule is CCCOC1=C(CCC)C/C(=C(O)/C=C/c2ccccc2Cl)CC1(CCC)CCC. The molecule has 0 saturated heterocycles. The van der Waals surface area contributed by atoms with Gasteiger partial charge in [0.1, 0.15) is 11.5 Å². The second-order valence-corrected chi connectivity index (χ2v) is 8.92. The van der Waals surface area contributed by atoms with Crippen LogP contribution >= 0.6 is 11.6 Å². The van der Waals surface area contributed by atoms with E-state index < -0.39 is 0 Å². The van der Waals surface area contributed by atoms with Crippen LogP contribution in [0.25, 0.3) is 6.08 Å². The average Bonchev–Trinajstić information content (AvgIpc) is 2.73. The van der Waals surface area contributed by atoms with E-state index in [4.69, 9.17) is 16.3 Å². The molecule has 0 spiro atoms. The van der Waals surface area contributed by atoms with Gasteiger partial charge in [0.25, 0.3) is 0 Å². The van der Waals surface area contributed by atoms with Crippen LogP contribution < -0.4 is 0 Å². The van der Waals surface area contributed by atoms with Gasteiger partial charge < -0.3 is 9.84 Å². The van der Waals surface area contributed by atoms with E-state index >= 15 is 0 Å². The molecule has 3 heteroatoms. The molecular formula is C27H39ClO2. The number of aliphatic hydroxyl groups is 1. The zero-order valence-corrected chi connectivity index (χ0v) is 20.0. The van der Waals surface area contributed by atoms with Gasteiger partial charge >= 0.3 is 0 Å². The van der Waals surface area contributed by atoms with Crippen molar-refractivity contribution in [2.45, 2.75) is 85.5 Å². The van der Waals surface area contributed by atoms with Crippen molar-refractivity contribution in [3.8, 4) is 0 Å². The van der Waals surface area contributed by atoms with Gasteiger partial charge in [0.05, 0.1) is 6.61 Å². The molecule has 0 unspecified atom stereocenters. The molecule has 166 valence electrons. The Labute approximate surface area is 188 Å². The van der Waals surface area contributed by atoms with Crippen LogP contribution in [0.5, 0.6) is 0 Å². The van der Waals surface area contributed by atoms with Gasteiger partial charge in [0.2, 0.25) is 0 Å². The van der Waals surface area contributed by atoms with Crippen molar-refractivity contribution in [1.82, 2.24) is 0 Å². The van der Waals surface area contributed by atoms with Crippen LogP contribution in [0.4, 0.5) is 0 Å². The van der Waals surface area contributed by atoms with Crippen molar-refractivity contribution in [1.29, 1.82) is 0 Å². The molecule has 30 heavy (non-hydrogen) atoms. The minimum atomic E-state index is 0.00295. The molecule has 0 amide bonds. The van der Waals surface area contributed by atoms with Gasteiger partial charge in [-0.2, -0.15) is 0 Å². The Balaban J connectivity index is 2.48. The third-order valence-electron chi connectivity index (χ3n) is 5.93. The summed E-state index contributed by atoms with van der Waals surface area (Å²) in [6.07, 6.45) is 13.0. The summed E-state index contributed by atoms with van der Waals surface area (Å²) in [4.78, 5) is 0. The summed E-state index contributed by atoms with van der Waals surface area (Å²) >= 11 is 6.28. The highest BCUT2D eigenvalue weighted by Crippen LogP contribution is 2.51. The zero-order valence-electron chi connectivity index (χ0n) is 19.3. The predicted molar refractivity (Wildman–Crippen MR) is 130 cm³/mol. The molecule has 0 saturated carbocycles. The maximum atomic E-state index is 11.0. The third kappa shape index (κ3) is 6.17. The number of allylic oxidation sites excluding steroid dienone is 4. The second kappa shape index (κ2) is 12.2. The molecule has 0 atom stereocenters.